The van der Waals surface area contributed by atoms with Crippen molar-refractivity contribution in [2.24, 2.45) is 0 Å². The lowest BCUT2D eigenvalue weighted by Crippen LogP contribution is -2.24. The van der Waals surface area contributed by atoms with E-state index in [0.717, 1.165) is 24.9 Å². The molecule has 1 aliphatic heterocycles. The Bertz CT molecular complexity index is 584. The summed E-state index contributed by atoms with van der Waals surface area (Å²) in [5.74, 6) is 0.441. The Labute approximate surface area is 109 Å². The topological polar surface area (TPSA) is 87.9 Å². The maximum atomic E-state index is 11.1. The number of hydrogen-bond donors (Lipinski definition) is 1. The number of H-pyrrole nitrogens is 1. The zero-order valence-corrected chi connectivity index (χ0v) is 10.2. The molecule has 0 spiro atoms. The van der Waals surface area contributed by atoms with Gasteiger partial charge in [0, 0.05) is 30.6 Å². The molecule has 0 unspecified atom stereocenters. The third-order valence-corrected chi connectivity index (χ3v) is 3.39. The van der Waals surface area contributed by atoms with Gasteiger partial charge in [-0.2, -0.15) is 5.10 Å². The highest BCUT2D eigenvalue weighted by Gasteiger charge is 2.32. The van der Waals surface area contributed by atoms with Crippen LogP contribution in [0.15, 0.2) is 30.7 Å². The summed E-state index contributed by atoms with van der Waals surface area (Å²) in [5.41, 5.74) is 1.09. The fraction of sp³-hybridized carbons (Fsp3) is 0.333. The molecule has 0 bridgehead atoms. The summed E-state index contributed by atoms with van der Waals surface area (Å²) in [6.45, 7) is 0.772. The van der Waals surface area contributed by atoms with Gasteiger partial charge >= 0.3 is 5.69 Å². The number of pyridine rings is 1. The predicted molar refractivity (Wildman–Crippen MR) is 68.8 cm³/mol. The van der Waals surface area contributed by atoms with Gasteiger partial charge in [0.1, 0.15) is 0 Å². The minimum atomic E-state index is -0.382. The number of nitro groups is 1. The first-order valence-corrected chi connectivity index (χ1v) is 6.12. The molecular formula is C12H13N5O2. The SMILES string of the molecule is O=[N+]([O-])c1cccnc1N1CCC[C@H]1c1cn[nH]c1. The van der Waals surface area contributed by atoms with Crippen LogP contribution in [0.2, 0.25) is 0 Å². The fourth-order valence-electron chi connectivity index (χ4n) is 2.56. The van der Waals surface area contributed by atoms with Gasteiger partial charge in [0.15, 0.2) is 0 Å². The van der Waals surface area contributed by atoms with Crippen LogP contribution in [0.3, 0.4) is 0 Å². The Morgan fingerprint density at radius 3 is 3.16 bits per heavy atom. The first-order valence-electron chi connectivity index (χ1n) is 6.12. The summed E-state index contributed by atoms with van der Waals surface area (Å²) < 4.78 is 0. The quantitative estimate of drug-likeness (QED) is 0.673. The van der Waals surface area contributed by atoms with E-state index in [1.807, 2.05) is 11.1 Å². The van der Waals surface area contributed by atoms with Crippen LogP contribution in [0.4, 0.5) is 11.5 Å². The summed E-state index contributed by atoms with van der Waals surface area (Å²) in [7, 11) is 0. The van der Waals surface area contributed by atoms with Crippen LogP contribution in [-0.4, -0.2) is 26.6 Å². The third-order valence-electron chi connectivity index (χ3n) is 3.39. The highest BCUT2D eigenvalue weighted by Crippen LogP contribution is 2.38. The minimum absolute atomic E-state index is 0.0536. The van der Waals surface area contributed by atoms with Crippen LogP contribution in [0, 0.1) is 10.1 Å². The molecule has 0 saturated carbocycles. The van der Waals surface area contributed by atoms with Gasteiger partial charge in [-0.15, -0.1) is 0 Å². The Morgan fingerprint density at radius 2 is 2.42 bits per heavy atom. The molecule has 1 saturated heterocycles. The zero-order valence-electron chi connectivity index (χ0n) is 10.2. The summed E-state index contributed by atoms with van der Waals surface area (Å²) >= 11 is 0. The molecule has 1 aliphatic rings. The average Bonchev–Trinajstić information content (AvgIpc) is 3.09. The molecule has 0 aliphatic carbocycles. The Morgan fingerprint density at radius 1 is 1.53 bits per heavy atom. The van der Waals surface area contributed by atoms with Crippen molar-refractivity contribution < 1.29 is 4.92 Å². The molecule has 2 aromatic rings. The summed E-state index contributed by atoms with van der Waals surface area (Å²) in [5, 5.41) is 17.8. The van der Waals surface area contributed by atoms with Crippen LogP contribution in [0.5, 0.6) is 0 Å². The standard InChI is InChI=1S/C12H13N5O2/c18-17(19)11-3-1-5-13-12(11)16-6-2-4-10(16)9-7-14-15-8-9/h1,3,5,7-8,10H,2,4,6H2,(H,14,15)/t10-/m0/s1. The zero-order chi connectivity index (χ0) is 13.2. The molecule has 1 atom stereocenters. The van der Waals surface area contributed by atoms with Gasteiger partial charge < -0.3 is 4.90 Å². The second-order valence-corrected chi connectivity index (χ2v) is 4.49. The molecule has 0 aromatic carbocycles. The minimum Gasteiger partial charge on any atom is -0.344 e. The van der Waals surface area contributed by atoms with Gasteiger partial charge in [-0.05, 0) is 18.9 Å². The van der Waals surface area contributed by atoms with Crippen molar-refractivity contribution in [3.8, 4) is 0 Å². The monoisotopic (exact) mass is 259 g/mol. The largest absolute Gasteiger partial charge is 0.344 e. The second kappa shape index (κ2) is 4.68. The van der Waals surface area contributed by atoms with E-state index >= 15 is 0 Å². The maximum Gasteiger partial charge on any atom is 0.311 e. The van der Waals surface area contributed by atoms with E-state index in [4.69, 9.17) is 0 Å². The van der Waals surface area contributed by atoms with Crippen molar-refractivity contribution >= 4 is 11.5 Å². The second-order valence-electron chi connectivity index (χ2n) is 4.49. The van der Waals surface area contributed by atoms with Crippen LogP contribution in [-0.2, 0) is 0 Å². The highest BCUT2D eigenvalue weighted by molar-refractivity contribution is 5.59. The van der Waals surface area contributed by atoms with Gasteiger partial charge in [-0.25, -0.2) is 4.98 Å². The summed E-state index contributed by atoms with van der Waals surface area (Å²) in [6, 6.07) is 3.19. The summed E-state index contributed by atoms with van der Waals surface area (Å²) in [4.78, 5) is 16.9. The van der Waals surface area contributed by atoms with E-state index in [9.17, 15) is 10.1 Å². The van der Waals surface area contributed by atoms with E-state index in [2.05, 4.69) is 15.2 Å². The van der Waals surface area contributed by atoms with Crippen LogP contribution >= 0.6 is 0 Å². The Balaban J connectivity index is 1.99. The van der Waals surface area contributed by atoms with Gasteiger partial charge in [0.25, 0.3) is 0 Å². The van der Waals surface area contributed by atoms with E-state index in [1.165, 1.54) is 6.07 Å². The molecule has 3 rings (SSSR count). The molecule has 19 heavy (non-hydrogen) atoms. The van der Waals surface area contributed by atoms with Crippen molar-refractivity contribution in [2.45, 2.75) is 18.9 Å². The molecule has 3 heterocycles. The smallest absolute Gasteiger partial charge is 0.311 e. The third kappa shape index (κ3) is 2.03. The molecule has 98 valence electrons. The van der Waals surface area contributed by atoms with E-state index in [0.29, 0.717) is 5.82 Å². The molecule has 7 heteroatoms. The first-order chi connectivity index (χ1) is 9.27. The lowest BCUT2D eigenvalue weighted by molar-refractivity contribution is -0.384. The molecular weight excluding hydrogens is 246 g/mol. The maximum absolute atomic E-state index is 11.1. The van der Waals surface area contributed by atoms with Crippen molar-refractivity contribution in [2.75, 3.05) is 11.4 Å². The molecule has 0 radical (unpaired) electrons. The molecule has 1 fully saturated rings. The number of aromatic amines is 1. The fourth-order valence-corrected chi connectivity index (χ4v) is 2.56. The van der Waals surface area contributed by atoms with Crippen molar-refractivity contribution in [1.82, 2.24) is 15.2 Å². The van der Waals surface area contributed by atoms with Crippen LogP contribution < -0.4 is 4.90 Å². The first kappa shape index (κ1) is 11.6. The normalized spacial score (nSPS) is 18.7. The number of hydrogen-bond acceptors (Lipinski definition) is 5. The number of aromatic nitrogens is 3. The van der Waals surface area contributed by atoms with Gasteiger partial charge in [0.2, 0.25) is 5.82 Å². The number of nitrogens with zero attached hydrogens (tertiary/aromatic N) is 4. The van der Waals surface area contributed by atoms with Crippen molar-refractivity contribution in [1.29, 1.82) is 0 Å². The average molecular weight is 259 g/mol. The van der Waals surface area contributed by atoms with Gasteiger partial charge in [0.05, 0.1) is 17.2 Å². The Hall–Kier alpha value is -2.44. The van der Waals surface area contributed by atoms with Crippen LogP contribution in [0.1, 0.15) is 24.4 Å². The van der Waals surface area contributed by atoms with E-state index in [1.54, 1.807) is 18.5 Å². The number of nitrogens with one attached hydrogen (secondary N) is 1. The Kier molecular flexibility index (Phi) is 2.86. The van der Waals surface area contributed by atoms with Gasteiger partial charge in [-0.3, -0.25) is 15.2 Å². The van der Waals surface area contributed by atoms with Crippen LogP contribution in [0.25, 0.3) is 0 Å². The lowest BCUT2D eigenvalue weighted by Gasteiger charge is -2.24. The molecule has 2 aromatic heterocycles. The lowest BCUT2D eigenvalue weighted by atomic mass is 10.1. The number of rotatable bonds is 3. The molecule has 0 amide bonds. The van der Waals surface area contributed by atoms with Gasteiger partial charge in [-0.1, -0.05) is 0 Å². The van der Waals surface area contributed by atoms with E-state index < -0.39 is 0 Å². The summed E-state index contributed by atoms with van der Waals surface area (Å²) in [6.07, 6.45) is 7.12. The molecule has 1 N–H and O–H groups in total. The van der Waals surface area contributed by atoms with Crippen molar-refractivity contribution in [3.05, 3.63) is 46.4 Å². The predicted octanol–water partition coefficient (Wildman–Crippen LogP) is 2.05. The highest BCUT2D eigenvalue weighted by atomic mass is 16.6. The molecule has 7 nitrogen and oxygen atoms in total. The van der Waals surface area contributed by atoms with E-state index in [-0.39, 0.29) is 16.7 Å². The number of anilines is 1. The van der Waals surface area contributed by atoms with Crippen molar-refractivity contribution in [3.63, 3.8) is 0 Å².